The third-order valence-electron chi connectivity index (χ3n) is 6.49. The van der Waals surface area contributed by atoms with Crippen molar-refractivity contribution in [3.8, 4) is 22.8 Å². The first-order valence-corrected chi connectivity index (χ1v) is 13.7. The zero-order valence-corrected chi connectivity index (χ0v) is 22.9. The Kier molecular flexibility index (Phi) is 9.69. The average Bonchev–Trinajstić information content (AvgIpc) is 3.47. The predicted molar refractivity (Wildman–Crippen MR) is 154 cm³/mol. The molecule has 3 aromatic carbocycles. The number of carbonyl (C=O) groups excluding carboxylic acids is 1. The standard InChI is InChI=1S/C32H30FN3O6/c33-25-8-13-31-29(19-25)30(38)20-32(42-31)24-6-11-28(12-7-24)41-18-17-39-16-14-36-21-26(34-35-36)3-1-2-15-40-27-9-4-23(22-37)5-10-27/h4-13,19-22H,1-3,14-18H2. The minimum Gasteiger partial charge on any atom is -0.494 e. The number of hydrogen-bond donors (Lipinski definition) is 0. The van der Waals surface area contributed by atoms with Crippen LogP contribution in [0.25, 0.3) is 22.3 Å². The number of aryl methyl sites for hydroxylation is 1. The van der Waals surface area contributed by atoms with Gasteiger partial charge in [0.25, 0.3) is 0 Å². The predicted octanol–water partition coefficient (Wildman–Crippen LogP) is 5.50. The van der Waals surface area contributed by atoms with E-state index in [-0.39, 0.29) is 10.8 Å². The second-order valence-electron chi connectivity index (χ2n) is 9.57. The largest absolute Gasteiger partial charge is 0.494 e. The van der Waals surface area contributed by atoms with Crippen molar-refractivity contribution in [3.63, 3.8) is 0 Å². The van der Waals surface area contributed by atoms with E-state index in [1.807, 2.05) is 6.20 Å². The van der Waals surface area contributed by atoms with Gasteiger partial charge in [-0.15, -0.1) is 5.10 Å². The van der Waals surface area contributed by atoms with Crippen molar-refractivity contribution < 1.29 is 27.8 Å². The van der Waals surface area contributed by atoms with Gasteiger partial charge >= 0.3 is 0 Å². The molecule has 0 bridgehead atoms. The quantitative estimate of drug-likeness (QED) is 0.120. The van der Waals surface area contributed by atoms with E-state index in [9.17, 15) is 14.0 Å². The SMILES string of the molecule is O=Cc1ccc(OCCCCc2cn(CCOCCOc3ccc(-c4cc(=O)c5cc(F)ccc5o4)cc3)nn2)cc1. The van der Waals surface area contributed by atoms with Crippen LogP contribution < -0.4 is 14.9 Å². The first kappa shape index (κ1) is 28.7. The van der Waals surface area contributed by atoms with Crippen molar-refractivity contribution >= 4 is 17.3 Å². The molecule has 9 nitrogen and oxygen atoms in total. The molecule has 2 heterocycles. The van der Waals surface area contributed by atoms with Crippen molar-refractivity contribution in [1.29, 1.82) is 0 Å². The van der Waals surface area contributed by atoms with Crippen molar-refractivity contribution in [1.82, 2.24) is 15.0 Å². The number of rotatable bonds is 15. The first-order valence-electron chi connectivity index (χ1n) is 13.7. The Hall–Kier alpha value is -4.83. The highest BCUT2D eigenvalue weighted by molar-refractivity contribution is 5.78. The van der Waals surface area contributed by atoms with Gasteiger partial charge in [0.1, 0.15) is 41.6 Å². The molecule has 0 saturated heterocycles. The Morgan fingerprint density at radius 1 is 0.857 bits per heavy atom. The molecule has 42 heavy (non-hydrogen) atoms. The van der Waals surface area contributed by atoms with E-state index >= 15 is 0 Å². The lowest BCUT2D eigenvalue weighted by molar-refractivity contribution is 0.0923. The zero-order chi connectivity index (χ0) is 29.1. The minimum absolute atomic E-state index is 0.210. The molecule has 0 spiro atoms. The fourth-order valence-corrected chi connectivity index (χ4v) is 4.27. The number of hydrogen-bond acceptors (Lipinski definition) is 8. The second-order valence-corrected chi connectivity index (χ2v) is 9.57. The van der Waals surface area contributed by atoms with Crippen molar-refractivity contribution in [2.45, 2.75) is 25.8 Å². The van der Waals surface area contributed by atoms with E-state index in [0.717, 1.165) is 37.0 Å². The minimum atomic E-state index is -0.480. The maximum Gasteiger partial charge on any atom is 0.193 e. The summed E-state index contributed by atoms with van der Waals surface area (Å²) >= 11 is 0. The van der Waals surface area contributed by atoms with Gasteiger partial charge in [0.2, 0.25) is 0 Å². The zero-order valence-electron chi connectivity index (χ0n) is 22.9. The molecule has 5 rings (SSSR count). The molecule has 0 aliphatic heterocycles. The summed E-state index contributed by atoms with van der Waals surface area (Å²) in [6, 6.07) is 19.5. The Bertz CT molecular complexity index is 1670. The number of ether oxygens (including phenoxy) is 3. The van der Waals surface area contributed by atoms with Crippen LogP contribution in [0.2, 0.25) is 0 Å². The summed E-state index contributed by atoms with van der Waals surface area (Å²) in [4.78, 5) is 23.0. The molecule has 0 atom stereocenters. The number of benzene rings is 3. The summed E-state index contributed by atoms with van der Waals surface area (Å²) in [7, 11) is 0. The fourth-order valence-electron chi connectivity index (χ4n) is 4.27. The van der Waals surface area contributed by atoms with Gasteiger partial charge in [-0.2, -0.15) is 0 Å². The van der Waals surface area contributed by atoms with Crippen LogP contribution >= 0.6 is 0 Å². The smallest absolute Gasteiger partial charge is 0.193 e. The van der Waals surface area contributed by atoms with Crippen LogP contribution in [0.5, 0.6) is 11.5 Å². The highest BCUT2D eigenvalue weighted by Gasteiger charge is 2.08. The lowest BCUT2D eigenvalue weighted by Crippen LogP contribution is -2.11. The molecule has 0 radical (unpaired) electrons. The monoisotopic (exact) mass is 571 g/mol. The van der Waals surface area contributed by atoms with E-state index < -0.39 is 5.82 Å². The summed E-state index contributed by atoms with van der Waals surface area (Å²) in [5, 5.41) is 8.58. The molecule has 0 saturated carbocycles. The van der Waals surface area contributed by atoms with Gasteiger partial charge in [0.15, 0.2) is 5.43 Å². The number of fused-ring (bicyclic) bond motifs is 1. The highest BCUT2D eigenvalue weighted by Crippen LogP contribution is 2.24. The van der Waals surface area contributed by atoms with Crippen LogP contribution in [0.15, 0.2) is 88.2 Å². The first-order chi connectivity index (χ1) is 20.6. The molecule has 5 aromatic rings. The van der Waals surface area contributed by atoms with Crippen molar-refractivity contribution in [2.24, 2.45) is 0 Å². The van der Waals surface area contributed by atoms with Gasteiger partial charge in [0.05, 0.1) is 37.4 Å². The highest BCUT2D eigenvalue weighted by atomic mass is 19.1. The molecule has 10 heteroatoms. The molecular weight excluding hydrogens is 541 g/mol. The van der Waals surface area contributed by atoms with Crippen LogP contribution in [0, 0.1) is 5.82 Å². The Morgan fingerprint density at radius 3 is 2.40 bits per heavy atom. The van der Waals surface area contributed by atoms with E-state index in [1.54, 1.807) is 53.2 Å². The van der Waals surface area contributed by atoms with Crippen LogP contribution in [-0.4, -0.2) is 47.7 Å². The molecule has 0 fully saturated rings. The summed E-state index contributed by atoms with van der Waals surface area (Å²) in [5.41, 5.74) is 2.30. The maximum absolute atomic E-state index is 13.4. The number of nitrogens with zero attached hydrogens (tertiary/aromatic N) is 3. The lowest BCUT2D eigenvalue weighted by Gasteiger charge is -2.08. The van der Waals surface area contributed by atoms with Gasteiger partial charge in [-0.3, -0.25) is 9.59 Å². The van der Waals surface area contributed by atoms with Crippen LogP contribution in [0.1, 0.15) is 28.9 Å². The van der Waals surface area contributed by atoms with Gasteiger partial charge in [-0.05, 0) is 86.0 Å². The summed E-state index contributed by atoms with van der Waals surface area (Å²) in [6.07, 6.45) is 5.36. The third kappa shape index (κ3) is 7.88. The number of aldehydes is 1. The molecule has 0 amide bonds. The van der Waals surface area contributed by atoms with Crippen molar-refractivity contribution in [2.75, 3.05) is 26.4 Å². The van der Waals surface area contributed by atoms with E-state index in [2.05, 4.69) is 10.3 Å². The molecule has 0 aliphatic rings. The maximum atomic E-state index is 13.4. The topological polar surface area (TPSA) is 106 Å². The van der Waals surface area contributed by atoms with E-state index in [0.29, 0.717) is 61.2 Å². The molecule has 0 aliphatic carbocycles. The van der Waals surface area contributed by atoms with Crippen molar-refractivity contribution in [3.05, 3.63) is 106 Å². The number of aromatic nitrogens is 3. The Balaban J connectivity index is 0.959. The molecule has 0 unspecified atom stereocenters. The van der Waals surface area contributed by atoms with E-state index in [4.69, 9.17) is 18.6 Å². The average molecular weight is 572 g/mol. The summed E-state index contributed by atoms with van der Waals surface area (Å²) < 4.78 is 38.1. The van der Waals surface area contributed by atoms with Crippen LogP contribution in [-0.2, 0) is 17.7 Å². The molecule has 2 aromatic heterocycles. The summed E-state index contributed by atoms with van der Waals surface area (Å²) in [5.74, 6) is 1.34. The van der Waals surface area contributed by atoms with E-state index in [1.165, 1.54) is 24.3 Å². The summed E-state index contributed by atoms with van der Waals surface area (Å²) in [6.45, 7) is 2.46. The third-order valence-corrected chi connectivity index (χ3v) is 6.49. The molecular formula is C32H30FN3O6. The van der Waals surface area contributed by atoms with Gasteiger partial charge in [-0.1, -0.05) is 5.21 Å². The van der Waals surface area contributed by atoms with Gasteiger partial charge in [-0.25, -0.2) is 9.07 Å². The molecule has 0 N–H and O–H groups in total. The lowest BCUT2D eigenvalue weighted by atomic mass is 10.1. The van der Waals surface area contributed by atoms with Crippen LogP contribution in [0.3, 0.4) is 0 Å². The second kappa shape index (κ2) is 14.2. The normalized spacial score (nSPS) is 11.1. The number of halogens is 1. The Labute approximate surface area is 241 Å². The Morgan fingerprint density at radius 2 is 1.62 bits per heavy atom. The van der Waals surface area contributed by atoms with Gasteiger partial charge in [0, 0.05) is 23.4 Å². The number of carbonyl (C=O) groups is 1. The van der Waals surface area contributed by atoms with Gasteiger partial charge < -0.3 is 18.6 Å². The fraction of sp³-hybridized carbons (Fsp3) is 0.250. The van der Waals surface area contributed by atoms with Crippen LogP contribution in [0.4, 0.5) is 4.39 Å². The number of unbranched alkanes of at least 4 members (excludes halogenated alkanes) is 1. The molecule has 216 valence electrons.